The fourth-order valence-electron chi connectivity index (χ4n) is 6.91. The molecule has 8 heteroatoms. The van der Waals surface area contributed by atoms with Crippen LogP contribution in [0.3, 0.4) is 0 Å². The molecule has 8 rings (SSSR count). The normalized spacial score (nSPS) is 12.1. The van der Waals surface area contributed by atoms with Crippen LogP contribution in [0.4, 0.5) is 0 Å². The smallest absolute Gasteiger partial charge is 0.390 e. The molecule has 54 heavy (non-hydrogen) atoms. The minimum absolute atomic E-state index is 0.296. The maximum atomic E-state index is 7.08. The third-order valence-corrected chi connectivity index (χ3v) is 11.6. The van der Waals surface area contributed by atoms with Crippen LogP contribution in [0.5, 0.6) is 11.5 Å². The van der Waals surface area contributed by atoms with Crippen molar-refractivity contribution in [3.63, 3.8) is 0 Å². The average Bonchev–Trinajstić information content (AvgIpc) is 3.39. The van der Waals surface area contributed by atoms with Crippen molar-refractivity contribution in [3.8, 4) is 22.6 Å². The van der Waals surface area contributed by atoms with Crippen molar-refractivity contribution in [2.45, 2.75) is 66.2 Å². The third-order valence-electron chi connectivity index (χ3n) is 9.52. The number of aryl methyl sites for hydroxylation is 2. The molecule has 0 radical (unpaired) electrons. The van der Waals surface area contributed by atoms with Gasteiger partial charge in [-0.3, -0.25) is 0 Å². The van der Waals surface area contributed by atoms with Crippen molar-refractivity contribution in [2.75, 3.05) is 0 Å². The minimum Gasteiger partial charge on any atom is -0.390 e. The Kier molecular flexibility index (Phi) is 9.17. The van der Waals surface area contributed by atoms with E-state index in [2.05, 4.69) is 104 Å². The van der Waals surface area contributed by atoms with E-state index in [4.69, 9.17) is 25.8 Å². The van der Waals surface area contributed by atoms with E-state index in [1.807, 2.05) is 72.8 Å². The second kappa shape index (κ2) is 13.9. The van der Waals surface area contributed by atoms with Gasteiger partial charge in [-0.2, -0.15) is 0 Å². The molecule has 2 heterocycles. The predicted molar refractivity (Wildman–Crippen MR) is 223 cm³/mol. The van der Waals surface area contributed by atoms with Gasteiger partial charge in [0.15, 0.2) is 0 Å². The van der Waals surface area contributed by atoms with Gasteiger partial charge in [0.1, 0.15) is 33.8 Å². The molecule has 0 saturated carbocycles. The first-order chi connectivity index (χ1) is 25.8. The molecule has 0 amide bonds. The molecule has 0 spiro atoms. The van der Waals surface area contributed by atoms with Crippen molar-refractivity contribution in [1.82, 2.24) is 0 Å². The van der Waals surface area contributed by atoms with Gasteiger partial charge < -0.3 is 25.8 Å². The lowest BCUT2D eigenvalue weighted by Gasteiger charge is -2.28. The Morgan fingerprint density at radius 3 is 0.963 bits per heavy atom. The van der Waals surface area contributed by atoms with E-state index in [9.17, 15) is 0 Å². The van der Waals surface area contributed by atoms with Crippen LogP contribution in [-0.2, 0) is 10.8 Å². The third kappa shape index (κ3) is 6.93. The summed E-state index contributed by atoms with van der Waals surface area (Å²) in [6, 6.07) is 40.7. The topological polar surface area (TPSA) is 71.0 Å². The van der Waals surface area contributed by atoms with Crippen molar-refractivity contribution >= 4 is 60.4 Å². The molecule has 0 aliphatic carbocycles. The Morgan fingerprint density at radius 2 is 0.685 bits per heavy atom. The maximum Gasteiger partial charge on any atom is 0.453 e. The van der Waals surface area contributed by atoms with Crippen molar-refractivity contribution in [2.24, 2.45) is 0 Å². The molecule has 0 unspecified atom stereocenters. The molecule has 0 saturated heterocycles. The van der Waals surface area contributed by atoms with Crippen LogP contribution < -0.4 is 9.05 Å². The summed E-state index contributed by atoms with van der Waals surface area (Å²) in [6.07, 6.45) is 0. The zero-order chi connectivity index (χ0) is 37.8. The molecule has 0 N–H and O–H groups in total. The number of hydrogen-bond acceptors (Lipinski definition) is 6. The summed E-state index contributed by atoms with van der Waals surface area (Å²) < 4.78 is 40.6. The molecule has 0 fully saturated rings. The number of hydrogen-bond donors (Lipinski definition) is 0. The van der Waals surface area contributed by atoms with Gasteiger partial charge in [0.25, 0.3) is 0 Å². The van der Waals surface area contributed by atoms with Crippen molar-refractivity contribution in [3.05, 3.63) is 144 Å². The predicted octanol–water partition coefficient (Wildman–Crippen LogP) is 15.5. The molecule has 0 aliphatic rings. The first kappa shape index (κ1) is 35.7. The van der Waals surface area contributed by atoms with E-state index < -0.39 is 16.5 Å². The highest BCUT2D eigenvalue weighted by molar-refractivity contribution is 7.32. The highest BCUT2D eigenvalue weighted by atomic mass is 31.1. The number of benzene rings is 6. The SMILES string of the molecule is Cc1cc(-c2cc(C)cc(C(C)(C)C)c2Op2oc3ccccc3c3ccccc3o2)c(Op2oc3ccccc3c3ccccc3o2)c(C(C)(C)C)c1. The van der Waals surface area contributed by atoms with Crippen molar-refractivity contribution < 1.29 is 25.8 Å². The molecular formula is C46H44O6P2. The van der Waals surface area contributed by atoms with E-state index in [0.717, 1.165) is 54.9 Å². The summed E-state index contributed by atoms with van der Waals surface area (Å²) in [5, 5.41) is 3.83. The summed E-state index contributed by atoms with van der Waals surface area (Å²) in [5.41, 5.74) is 8.22. The Balaban J connectivity index is 1.41. The molecular weight excluding hydrogens is 710 g/mol. The number of rotatable bonds is 5. The van der Waals surface area contributed by atoms with Gasteiger partial charge in [0.2, 0.25) is 0 Å². The highest BCUT2D eigenvalue weighted by Crippen LogP contribution is 2.52. The Labute approximate surface area is 317 Å². The average molecular weight is 755 g/mol. The van der Waals surface area contributed by atoms with Crippen molar-refractivity contribution in [1.29, 1.82) is 0 Å². The Bertz CT molecular complexity index is 2470. The standard InChI is InChI=1S/C46H44O6P2/c1-29-25-35(43(37(27-29)45(3,4)5)51-53-47-39-21-13-9-17-31(39)32-18-10-14-22-40(32)48-53)36-26-30(2)28-38(46(6,7)8)44(36)52-54-49-41-23-15-11-19-33(41)34-20-12-16-24-42(34)50-54/h9-28H,1-8H3. The first-order valence-electron chi connectivity index (χ1n) is 18.2. The van der Waals surface area contributed by atoms with Crippen LogP contribution in [-0.4, -0.2) is 0 Å². The van der Waals surface area contributed by atoms with E-state index in [0.29, 0.717) is 33.8 Å². The van der Waals surface area contributed by atoms with Gasteiger partial charge in [0.05, 0.1) is 0 Å². The Morgan fingerprint density at radius 1 is 0.407 bits per heavy atom. The second-order valence-electron chi connectivity index (χ2n) is 15.9. The fourth-order valence-corrected chi connectivity index (χ4v) is 9.11. The van der Waals surface area contributed by atoms with Crippen LogP contribution in [0.15, 0.2) is 138 Å². The van der Waals surface area contributed by atoms with Gasteiger partial charge in [-0.15, -0.1) is 0 Å². The van der Waals surface area contributed by atoms with Crippen LogP contribution in [0.1, 0.15) is 63.8 Å². The molecule has 274 valence electrons. The quantitative estimate of drug-likeness (QED) is 0.174. The van der Waals surface area contributed by atoms with E-state index in [-0.39, 0.29) is 10.8 Å². The molecule has 0 atom stereocenters. The van der Waals surface area contributed by atoms with Gasteiger partial charge >= 0.3 is 16.5 Å². The van der Waals surface area contributed by atoms with Crippen LogP contribution >= 0.6 is 16.5 Å². The van der Waals surface area contributed by atoms with Crippen LogP contribution in [0.25, 0.3) is 55.0 Å². The fraction of sp³-hybridized carbons (Fsp3) is 0.217. The van der Waals surface area contributed by atoms with E-state index in [1.54, 1.807) is 0 Å². The van der Waals surface area contributed by atoms with Gasteiger partial charge in [-0.05, 0) is 72.2 Å². The van der Waals surface area contributed by atoms with E-state index in [1.165, 1.54) is 0 Å². The lowest BCUT2D eigenvalue weighted by molar-refractivity contribution is 0.473. The lowest BCUT2D eigenvalue weighted by atomic mass is 9.80. The zero-order valence-electron chi connectivity index (χ0n) is 31.9. The summed E-state index contributed by atoms with van der Waals surface area (Å²) in [5.74, 6) is 1.36. The van der Waals surface area contributed by atoms with Gasteiger partial charge in [-0.25, -0.2) is 0 Å². The molecule has 0 bridgehead atoms. The molecule has 8 aromatic rings. The lowest BCUT2D eigenvalue weighted by Crippen LogP contribution is -2.15. The van der Waals surface area contributed by atoms with Gasteiger partial charge in [-0.1, -0.05) is 126 Å². The largest absolute Gasteiger partial charge is 0.453 e. The highest BCUT2D eigenvalue weighted by Gasteiger charge is 2.30. The Hall–Kier alpha value is -5.28. The summed E-state index contributed by atoms with van der Waals surface area (Å²) in [4.78, 5) is 0. The summed E-state index contributed by atoms with van der Waals surface area (Å²) >= 11 is 0. The summed E-state index contributed by atoms with van der Waals surface area (Å²) in [6.45, 7) is 17.4. The van der Waals surface area contributed by atoms with Gasteiger partial charge in [0, 0.05) is 43.8 Å². The monoisotopic (exact) mass is 754 g/mol. The van der Waals surface area contributed by atoms with Crippen LogP contribution in [0, 0.1) is 13.8 Å². The molecule has 2 aromatic heterocycles. The molecule has 6 nitrogen and oxygen atoms in total. The first-order valence-corrected chi connectivity index (χ1v) is 20.4. The summed E-state index contributed by atoms with van der Waals surface area (Å²) in [7, 11) is -3.88. The number of para-hydroxylation sites is 4. The van der Waals surface area contributed by atoms with Crippen LogP contribution in [0.2, 0.25) is 0 Å². The zero-order valence-corrected chi connectivity index (χ0v) is 33.7. The molecule has 6 aromatic carbocycles. The second-order valence-corrected chi connectivity index (χ2v) is 17.8. The molecule has 0 aliphatic heterocycles. The van der Waals surface area contributed by atoms with E-state index >= 15 is 0 Å². The minimum atomic E-state index is -1.94. The number of fused-ring (bicyclic) bond motifs is 6. The maximum absolute atomic E-state index is 7.08.